The van der Waals surface area contributed by atoms with Crippen molar-refractivity contribution in [1.82, 2.24) is 14.5 Å². The van der Waals surface area contributed by atoms with Crippen molar-refractivity contribution in [2.45, 2.75) is 51.9 Å². The number of piperidine rings is 1. The van der Waals surface area contributed by atoms with E-state index < -0.39 is 17.9 Å². The number of nitrogens with zero attached hydrogens (tertiary/aromatic N) is 3. The van der Waals surface area contributed by atoms with Crippen LogP contribution in [0.2, 0.25) is 0 Å². The predicted molar refractivity (Wildman–Crippen MR) is 98.5 cm³/mol. The van der Waals surface area contributed by atoms with Gasteiger partial charge in [-0.15, -0.1) is 0 Å². The van der Waals surface area contributed by atoms with E-state index in [-0.39, 0.29) is 12.6 Å². The Labute approximate surface area is 155 Å². The van der Waals surface area contributed by atoms with E-state index in [1.807, 2.05) is 44.5 Å². The number of pyridine rings is 1. The number of hydrogen-bond acceptors (Lipinski definition) is 3. The van der Waals surface area contributed by atoms with Crippen LogP contribution in [0.15, 0.2) is 22.9 Å². The first kappa shape index (κ1) is 18.2. The minimum atomic E-state index is -1.17. The van der Waals surface area contributed by atoms with Gasteiger partial charge in [-0.25, -0.2) is 14.2 Å². The molecule has 1 amide bonds. The van der Waals surface area contributed by atoms with Crippen LogP contribution in [-0.4, -0.2) is 45.4 Å². The van der Waals surface area contributed by atoms with E-state index in [1.165, 1.54) is 4.90 Å². The Hall–Kier alpha value is -1.63. The lowest BCUT2D eigenvalue weighted by molar-refractivity contribution is 0.00704. The minimum absolute atomic E-state index is 0.0365. The number of likely N-dealkylation sites (tertiary alicyclic amines) is 1. The Kier molecular flexibility index (Phi) is 4.79. The monoisotopic (exact) mass is 411 g/mol. The Morgan fingerprint density at radius 3 is 2.80 bits per heavy atom. The molecule has 5 nitrogen and oxygen atoms in total. The minimum Gasteiger partial charge on any atom is -0.444 e. The average molecular weight is 412 g/mol. The van der Waals surface area contributed by atoms with Gasteiger partial charge in [-0.05, 0) is 61.7 Å². The van der Waals surface area contributed by atoms with Crippen LogP contribution in [0.1, 0.15) is 38.8 Å². The quantitative estimate of drug-likeness (QED) is 0.687. The molecular weight excluding hydrogens is 389 g/mol. The van der Waals surface area contributed by atoms with Gasteiger partial charge < -0.3 is 14.2 Å². The number of fused-ring (bicyclic) bond motifs is 1. The highest BCUT2D eigenvalue weighted by Crippen LogP contribution is 2.32. The van der Waals surface area contributed by atoms with Gasteiger partial charge in [0.15, 0.2) is 0 Å². The molecule has 136 valence electrons. The summed E-state index contributed by atoms with van der Waals surface area (Å²) in [5.41, 5.74) is 1.26. The Morgan fingerprint density at radius 1 is 1.44 bits per heavy atom. The maximum Gasteiger partial charge on any atom is 0.410 e. The molecule has 1 saturated heterocycles. The second-order valence-electron chi connectivity index (χ2n) is 7.54. The highest BCUT2D eigenvalue weighted by Gasteiger charge is 2.35. The number of halogens is 2. The smallest absolute Gasteiger partial charge is 0.410 e. The zero-order valence-corrected chi connectivity index (χ0v) is 16.5. The van der Waals surface area contributed by atoms with Crippen LogP contribution in [0, 0.1) is 6.92 Å². The number of ether oxygens (including phenoxy) is 1. The standard InChI is InChI=1S/C18H23BrFN3O2/c1-11-9-23(16-13(11)7-12(19)8-21-16)15-5-6-22(10-14(15)20)17(24)25-18(2,3)4/h7-9,14-15H,5-6,10H2,1-4H3. The number of carbonyl (C=O) groups is 1. The molecule has 0 aromatic carbocycles. The number of aryl methyl sites for hydroxylation is 1. The first-order valence-electron chi connectivity index (χ1n) is 8.40. The van der Waals surface area contributed by atoms with Crippen molar-refractivity contribution in [2.75, 3.05) is 13.1 Å². The predicted octanol–water partition coefficient (Wildman–Crippen LogP) is 4.63. The van der Waals surface area contributed by atoms with Gasteiger partial charge in [0.05, 0.1) is 12.6 Å². The summed E-state index contributed by atoms with van der Waals surface area (Å²) in [6, 6.07) is 1.67. The van der Waals surface area contributed by atoms with Crippen LogP contribution in [0.4, 0.5) is 9.18 Å². The molecule has 0 N–H and O–H groups in total. The number of amides is 1. The van der Waals surface area contributed by atoms with Gasteiger partial charge in [-0.2, -0.15) is 0 Å². The molecule has 7 heteroatoms. The number of alkyl halides is 1. The van der Waals surface area contributed by atoms with Gasteiger partial charge in [0.1, 0.15) is 17.4 Å². The number of aromatic nitrogens is 2. The van der Waals surface area contributed by atoms with Crippen molar-refractivity contribution in [3.05, 3.63) is 28.5 Å². The first-order chi connectivity index (χ1) is 11.7. The van der Waals surface area contributed by atoms with E-state index in [2.05, 4.69) is 20.9 Å². The summed E-state index contributed by atoms with van der Waals surface area (Å²) < 4.78 is 23.0. The largest absolute Gasteiger partial charge is 0.444 e. The highest BCUT2D eigenvalue weighted by atomic mass is 79.9. The molecule has 1 aliphatic rings. The van der Waals surface area contributed by atoms with E-state index in [1.54, 1.807) is 6.20 Å². The summed E-state index contributed by atoms with van der Waals surface area (Å²) in [5, 5.41) is 1.01. The molecule has 2 unspecified atom stereocenters. The summed E-state index contributed by atoms with van der Waals surface area (Å²) in [4.78, 5) is 18.1. The summed E-state index contributed by atoms with van der Waals surface area (Å²) >= 11 is 3.43. The Balaban J connectivity index is 1.79. The van der Waals surface area contributed by atoms with E-state index in [0.29, 0.717) is 13.0 Å². The van der Waals surface area contributed by atoms with Gasteiger partial charge in [0.2, 0.25) is 0 Å². The van der Waals surface area contributed by atoms with Gasteiger partial charge in [-0.3, -0.25) is 0 Å². The molecule has 2 aromatic rings. The fraction of sp³-hybridized carbons (Fsp3) is 0.556. The summed E-state index contributed by atoms with van der Waals surface area (Å²) in [6.07, 6.45) is 2.58. The van der Waals surface area contributed by atoms with Crippen LogP contribution in [0.25, 0.3) is 11.0 Å². The molecule has 0 spiro atoms. The second-order valence-corrected chi connectivity index (χ2v) is 8.46. The molecule has 0 radical (unpaired) electrons. The Morgan fingerprint density at radius 2 is 2.16 bits per heavy atom. The fourth-order valence-electron chi connectivity index (χ4n) is 3.22. The molecule has 25 heavy (non-hydrogen) atoms. The summed E-state index contributed by atoms with van der Waals surface area (Å²) in [7, 11) is 0. The summed E-state index contributed by atoms with van der Waals surface area (Å²) in [6.45, 7) is 7.93. The summed E-state index contributed by atoms with van der Waals surface area (Å²) in [5.74, 6) is 0. The fourth-order valence-corrected chi connectivity index (χ4v) is 3.55. The number of carbonyl (C=O) groups excluding carboxylic acids is 1. The van der Waals surface area contributed by atoms with E-state index in [9.17, 15) is 9.18 Å². The molecule has 3 heterocycles. The zero-order valence-electron chi connectivity index (χ0n) is 14.9. The highest BCUT2D eigenvalue weighted by molar-refractivity contribution is 9.10. The molecule has 1 fully saturated rings. The molecular formula is C18H23BrFN3O2. The molecule has 0 bridgehead atoms. The molecule has 3 rings (SSSR count). The molecule has 2 aromatic heterocycles. The maximum absolute atomic E-state index is 14.9. The third-order valence-corrected chi connectivity index (χ3v) is 4.79. The van der Waals surface area contributed by atoms with E-state index in [4.69, 9.17) is 4.74 Å². The lowest BCUT2D eigenvalue weighted by Crippen LogP contribution is -2.47. The van der Waals surface area contributed by atoms with Gasteiger partial charge in [0.25, 0.3) is 0 Å². The van der Waals surface area contributed by atoms with Gasteiger partial charge in [0, 0.05) is 28.8 Å². The zero-order chi connectivity index (χ0) is 18.4. The first-order valence-corrected chi connectivity index (χ1v) is 9.19. The third kappa shape index (κ3) is 3.81. The number of hydrogen-bond donors (Lipinski definition) is 0. The van der Waals surface area contributed by atoms with Crippen molar-refractivity contribution < 1.29 is 13.9 Å². The lowest BCUT2D eigenvalue weighted by Gasteiger charge is -2.36. The SMILES string of the molecule is Cc1cn(C2CCN(C(=O)OC(C)(C)C)CC2F)c2ncc(Br)cc12. The topological polar surface area (TPSA) is 47.4 Å². The number of rotatable bonds is 1. The van der Waals surface area contributed by atoms with E-state index >= 15 is 0 Å². The molecule has 1 aliphatic heterocycles. The average Bonchev–Trinajstić information content (AvgIpc) is 2.82. The van der Waals surface area contributed by atoms with Crippen molar-refractivity contribution in [3.8, 4) is 0 Å². The molecule has 0 saturated carbocycles. The van der Waals surface area contributed by atoms with Gasteiger partial charge >= 0.3 is 6.09 Å². The van der Waals surface area contributed by atoms with Crippen LogP contribution in [-0.2, 0) is 4.74 Å². The van der Waals surface area contributed by atoms with Crippen LogP contribution in [0.5, 0.6) is 0 Å². The van der Waals surface area contributed by atoms with Crippen molar-refractivity contribution >= 4 is 33.1 Å². The van der Waals surface area contributed by atoms with Crippen LogP contribution < -0.4 is 0 Å². The van der Waals surface area contributed by atoms with Crippen molar-refractivity contribution in [1.29, 1.82) is 0 Å². The lowest BCUT2D eigenvalue weighted by atomic mass is 10.0. The van der Waals surface area contributed by atoms with Crippen LogP contribution in [0.3, 0.4) is 0 Å². The third-order valence-electron chi connectivity index (χ3n) is 4.35. The Bertz CT molecular complexity index is 799. The molecule has 2 atom stereocenters. The van der Waals surface area contributed by atoms with Crippen molar-refractivity contribution in [2.24, 2.45) is 0 Å². The molecule has 0 aliphatic carbocycles. The van der Waals surface area contributed by atoms with Crippen LogP contribution >= 0.6 is 15.9 Å². The van der Waals surface area contributed by atoms with Crippen molar-refractivity contribution in [3.63, 3.8) is 0 Å². The normalized spacial score (nSPS) is 21.6. The maximum atomic E-state index is 14.9. The second kappa shape index (κ2) is 6.59. The van der Waals surface area contributed by atoms with E-state index in [0.717, 1.165) is 21.1 Å². The van der Waals surface area contributed by atoms with Gasteiger partial charge in [-0.1, -0.05) is 0 Å².